The molecule has 2 heteroatoms. The standard InChI is InChI=1S/C14H21IO/c1-6-8-9-10-11(3)12(15)13(16)14(4,5)7-2/h6,8-10,12H,1,7H2,2-5H3/b9-8-,11-10+. The molecule has 0 saturated carbocycles. The van der Waals surface area contributed by atoms with E-state index in [0.717, 1.165) is 12.0 Å². The molecule has 0 N–H and O–H groups in total. The van der Waals surface area contributed by atoms with E-state index in [-0.39, 0.29) is 9.34 Å². The fourth-order valence-corrected chi connectivity index (χ4v) is 2.15. The largest absolute Gasteiger partial charge is 0.298 e. The van der Waals surface area contributed by atoms with Gasteiger partial charge in [-0.1, -0.05) is 79.8 Å². The van der Waals surface area contributed by atoms with E-state index < -0.39 is 0 Å². The minimum atomic E-state index is -0.233. The van der Waals surface area contributed by atoms with Gasteiger partial charge in [0.05, 0.1) is 3.92 Å². The third kappa shape index (κ3) is 4.64. The average molecular weight is 332 g/mol. The highest BCUT2D eigenvalue weighted by Crippen LogP contribution is 2.28. The zero-order valence-electron chi connectivity index (χ0n) is 10.6. The van der Waals surface area contributed by atoms with Gasteiger partial charge in [0.1, 0.15) is 0 Å². The summed E-state index contributed by atoms with van der Waals surface area (Å²) in [6.45, 7) is 11.7. The molecule has 0 aliphatic heterocycles. The van der Waals surface area contributed by atoms with Crippen LogP contribution in [0.4, 0.5) is 0 Å². The second kappa shape index (κ2) is 7.05. The predicted octanol–water partition coefficient (Wildman–Crippen LogP) is 4.48. The number of ketones is 1. The molecular weight excluding hydrogens is 311 g/mol. The number of alkyl halides is 1. The van der Waals surface area contributed by atoms with Gasteiger partial charge in [-0.2, -0.15) is 0 Å². The average Bonchev–Trinajstić information content (AvgIpc) is 2.27. The summed E-state index contributed by atoms with van der Waals surface area (Å²) in [7, 11) is 0. The number of hydrogen-bond acceptors (Lipinski definition) is 1. The summed E-state index contributed by atoms with van der Waals surface area (Å²) >= 11 is 2.22. The second-order valence-electron chi connectivity index (χ2n) is 4.50. The Kier molecular flexibility index (Phi) is 6.88. The Bertz CT molecular complexity index is 311. The van der Waals surface area contributed by atoms with Crippen molar-refractivity contribution in [3.05, 3.63) is 36.5 Å². The lowest BCUT2D eigenvalue weighted by atomic mass is 9.82. The van der Waals surface area contributed by atoms with Gasteiger partial charge in [0.15, 0.2) is 5.78 Å². The summed E-state index contributed by atoms with van der Waals surface area (Å²) in [4.78, 5) is 12.2. The minimum Gasteiger partial charge on any atom is -0.298 e. The van der Waals surface area contributed by atoms with Crippen LogP contribution in [-0.2, 0) is 4.79 Å². The molecule has 0 heterocycles. The molecule has 0 saturated heterocycles. The van der Waals surface area contributed by atoms with E-state index >= 15 is 0 Å². The number of hydrogen-bond donors (Lipinski definition) is 0. The van der Waals surface area contributed by atoms with Crippen LogP contribution in [0.5, 0.6) is 0 Å². The Morgan fingerprint density at radius 1 is 1.44 bits per heavy atom. The number of carbonyl (C=O) groups is 1. The Morgan fingerprint density at radius 2 is 2.00 bits per heavy atom. The number of halogens is 1. The van der Waals surface area contributed by atoms with Gasteiger partial charge >= 0.3 is 0 Å². The third-order valence-corrected chi connectivity index (χ3v) is 4.34. The monoisotopic (exact) mass is 332 g/mol. The van der Waals surface area contributed by atoms with Crippen LogP contribution < -0.4 is 0 Å². The molecule has 0 aromatic rings. The van der Waals surface area contributed by atoms with Crippen LogP contribution in [0, 0.1) is 5.41 Å². The first-order valence-corrected chi connectivity index (χ1v) is 6.75. The van der Waals surface area contributed by atoms with Crippen LogP contribution in [-0.4, -0.2) is 9.71 Å². The van der Waals surface area contributed by atoms with Gasteiger partial charge in [-0.15, -0.1) is 0 Å². The molecule has 0 aliphatic rings. The van der Waals surface area contributed by atoms with Gasteiger partial charge < -0.3 is 0 Å². The van der Waals surface area contributed by atoms with Crippen molar-refractivity contribution in [2.24, 2.45) is 5.41 Å². The van der Waals surface area contributed by atoms with Gasteiger partial charge in [0, 0.05) is 5.41 Å². The summed E-state index contributed by atoms with van der Waals surface area (Å²) in [5, 5.41) is 0. The molecule has 1 nitrogen and oxygen atoms in total. The molecule has 0 aromatic heterocycles. The highest BCUT2D eigenvalue weighted by atomic mass is 127. The fourth-order valence-electron chi connectivity index (χ4n) is 1.09. The maximum atomic E-state index is 12.2. The van der Waals surface area contributed by atoms with Crippen LogP contribution in [0.1, 0.15) is 34.1 Å². The predicted molar refractivity (Wildman–Crippen MR) is 80.0 cm³/mol. The van der Waals surface area contributed by atoms with Crippen LogP contribution in [0.25, 0.3) is 0 Å². The third-order valence-electron chi connectivity index (χ3n) is 2.79. The van der Waals surface area contributed by atoms with E-state index in [2.05, 4.69) is 36.1 Å². The van der Waals surface area contributed by atoms with Gasteiger partial charge in [-0.05, 0) is 13.3 Å². The quantitative estimate of drug-likeness (QED) is 0.398. The molecule has 90 valence electrons. The fraction of sp³-hybridized carbons (Fsp3) is 0.500. The summed E-state index contributed by atoms with van der Waals surface area (Å²) in [6.07, 6.45) is 8.36. The smallest absolute Gasteiger partial charge is 0.155 e. The number of rotatable bonds is 6. The molecule has 0 amide bonds. The van der Waals surface area contributed by atoms with Crippen molar-refractivity contribution in [2.75, 3.05) is 0 Å². The molecule has 0 bridgehead atoms. The zero-order valence-corrected chi connectivity index (χ0v) is 12.7. The summed E-state index contributed by atoms with van der Waals surface area (Å²) < 4.78 is -0.0398. The Labute approximate surface area is 113 Å². The molecule has 0 radical (unpaired) electrons. The maximum absolute atomic E-state index is 12.2. The van der Waals surface area contributed by atoms with E-state index in [0.29, 0.717) is 5.78 Å². The van der Waals surface area contributed by atoms with E-state index in [9.17, 15) is 4.79 Å². The Morgan fingerprint density at radius 3 is 2.44 bits per heavy atom. The maximum Gasteiger partial charge on any atom is 0.155 e. The lowest BCUT2D eigenvalue weighted by molar-refractivity contribution is -0.125. The normalized spacial score (nSPS) is 15.2. The van der Waals surface area contributed by atoms with E-state index in [1.807, 2.05) is 39.0 Å². The van der Waals surface area contributed by atoms with Gasteiger partial charge in [0.2, 0.25) is 0 Å². The molecule has 0 spiro atoms. The van der Waals surface area contributed by atoms with Gasteiger partial charge in [0.25, 0.3) is 0 Å². The molecule has 16 heavy (non-hydrogen) atoms. The lowest BCUT2D eigenvalue weighted by Crippen LogP contribution is -2.31. The molecular formula is C14H21IO. The number of allylic oxidation sites excluding steroid dienone is 5. The molecule has 0 aliphatic carbocycles. The van der Waals surface area contributed by atoms with Crippen molar-refractivity contribution >= 4 is 28.4 Å². The van der Waals surface area contributed by atoms with Crippen molar-refractivity contribution in [1.29, 1.82) is 0 Å². The van der Waals surface area contributed by atoms with Crippen molar-refractivity contribution in [3.8, 4) is 0 Å². The topological polar surface area (TPSA) is 17.1 Å². The number of carbonyl (C=O) groups excluding carboxylic acids is 1. The van der Waals surface area contributed by atoms with Crippen molar-refractivity contribution in [1.82, 2.24) is 0 Å². The highest BCUT2D eigenvalue weighted by Gasteiger charge is 2.31. The second-order valence-corrected chi connectivity index (χ2v) is 5.74. The van der Waals surface area contributed by atoms with E-state index in [4.69, 9.17) is 0 Å². The minimum absolute atomic E-state index is 0.0398. The molecule has 0 aromatic carbocycles. The number of Topliss-reactive ketones (excluding diaryl/α,β-unsaturated/α-hetero) is 1. The van der Waals surface area contributed by atoms with Gasteiger partial charge in [-0.25, -0.2) is 0 Å². The zero-order chi connectivity index (χ0) is 12.8. The van der Waals surface area contributed by atoms with Crippen molar-refractivity contribution < 1.29 is 4.79 Å². The van der Waals surface area contributed by atoms with Crippen LogP contribution >= 0.6 is 22.6 Å². The van der Waals surface area contributed by atoms with Gasteiger partial charge in [-0.3, -0.25) is 4.79 Å². The first kappa shape index (κ1) is 15.6. The summed E-state index contributed by atoms with van der Waals surface area (Å²) in [6, 6.07) is 0. The first-order chi connectivity index (χ1) is 7.36. The first-order valence-electron chi connectivity index (χ1n) is 5.51. The highest BCUT2D eigenvalue weighted by molar-refractivity contribution is 14.1. The molecule has 0 rings (SSSR count). The van der Waals surface area contributed by atoms with Crippen molar-refractivity contribution in [3.63, 3.8) is 0 Å². The Hall–Kier alpha value is -0.380. The molecule has 1 unspecified atom stereocenters. The van der Waals surface area contributed by atoms with E-state index in [1.54, 1.807) is 6.08 Å². The van der Waals surface area contributed by atoms with Crippen molar-refractivity contribution in [2.45, 2.75) is 38.0 Å². The van der Waals surface area contributed by atoms with Crippen LogP contribution in [0.2, 0.25) is 0 Å². The SMILES string of the molecule is C=C/C=C\C=C(/C)C(I)C(=O)C(C)(C)CC. The lowest BCUT2D eigenvalue weighted by Gasteiger charge is -2.24. The molecule has 1 atom stereocenters. The Balaban J connectivity index is 4.74. The van der Waals surface area contributed by atoms with Crippen LogP contribution in [0.3, 0.4) is 0 Å². The van der Waals surface area contributed by atoms with E-state index in [1.165, 1.54) is 0 Å². The van der Waals surface area contributed by atoms with Crippen LogP contribution in [0.15, 0.2) is 36.5 Å². The summed E-state index contributed by atoms with van der Waals surface area (Å²) in [5.41, 5.74) is 0.855. The summed E-state index contributed by atoms with van der Waals surface area (Å²) in [5.74, 6) is 0.302. The molecule has 0 fully saturated rings.